The summed E-state index contributed by atoms with van der Waals surface area (Å²) < 4.78 is 32.3. The minimum absolute atomic E-state index is 0.189. The van der Waals surface area contributed by atoms with Gasteiger partial charge in [0.05, 0.1) is 0 Å². The first-order valence-corrected chi connectivity index (χ1v) is 6.07. The predicted octanol–water partition coefficient (Wildman–Crippen LogP) is 3.74. The first-order valence-electron chi connectivity index (χ1n) is 6.07. The summed E-state index contributed by atoms with van der Waals surface area (Å²) >= 11 is 0. The number of benzene rings is 2. The van der Waals surface area contributed by atoms with Crippen LogP contribution in [0.1, 0.15) is 23.7 Å². The van der Waals surface area contributed by atoms with Crippen molar-refractivity contribution in [1.29, 1.82) is 0 Å². The second-order valence-corrected chi connectivity index (χ2v) is 4.60. The van der Waals surface area contributed by atoms with Crippen molar-refractivity contribution in [3.8, 4) is 11.5 Å². The van der Waals surface area contributed by atoms with E-state index in [9.17, 15) is 13.9 Å². The van der Waals surface area contributed by atoms with Gasteiger partial charge in [0.25, 0.3) is 0 Å². The number of ether oxygens (including phenoxy) is 1. The van der Waals surface area contributed by atoms with E-state index >= 15 is 0 Å². The molecule has 0 fully saturated rings. The summed E-state index contributed by atoms with van der Waals surface area (Å²) in [6, 6.07) is 8.35. The number of phenolic OH excluding ortho intramolecular Hbond substituents is 1. The van der Waals surface area contributed by atoms with Crippen LogP contribution < -0.4 is 4.74 Å². The summed E-state index contributed by atoms with van der Waals surface area (Å²) in [5.41, 5.74) is 1.26. The van der Waals surface area contributed by atoms with Gasteiger partial charge in [0.1, 0.15) is 29.2 Å². The van der Waals surface area contributed by atoms with E-state index < -0.39 is 17.7 Å². The molecule has 2 aromatic rings. The molecule has 19 heavy (non-hydrogen) atoms. The highest BCUT2D eigenvalue weighted by molar-refractivity contribution is 5.41. The number of aromatic hydroxyl groups is 1. The molecule has 1 aliphatic rings. The number of rotatable bonds is 1. The quantitative estimate of drug-likeness (QED) is 0.848. The lowest BCUT2D eigenvalue weighted by Gasteiger charge is -2.26. The number of phenols is 1. The first kappa shape index (κ1) is 12.0. The molecule has 2 aromatic carbocycles. The van der Waals surface area contributed by atoms with Crippen LogP contribution in [0.25, 0.3) is 0 Å². The number of hydrogen-bond acceptors (Lipinski definition) is 2. The molecule has 0 saturated heterocycles. The standard InChI is InChI=1S/C15H12F2O2/c16-10-2-4-12(13(17)8-10)15-5-1-9-7-11(18)3-6-14(9)19-15/h2-4,6-8,15,18H,1,5H2. The molecule has 0 aliphatic carbocycles. The SMILES string of the molecule is Oc1ccc2c(c1)CCC(c1ccc(F)cc1F)O2. The van der Waals surface area contributed by atoms with Crippen LogP contribution in [0.2, 0.25) is 0 Å². The third-order valence-electron chi connectivity index (χ3n) is 3.30. The van der Waals surface area contributed by atoms with Gasteiger partial charge in [-0.1, -0.05) is 0 Å². The van der Waals surface area contributed by atoms with E-state index in [0.717, 1.165) is 11.6 Å². The summed E-state index contributed by atoms with van der Waals surface area (Å²) in [5, 5.41) is 9.39. The Morgan fingerprint density at radius 2 is 1.95 bits per heavy atom. The van der Waals surface area contributed by atoms with Gasteiger partial charge in [0.15, 0.2) is 0 Å². The van der Waals surface area contributed by atoms with E-state index in [1.165, 1.54) is 18.2 Å². The van der Waals surface area contributed by atoms with Gasteiger partial charge in [-0.3, -0.25) is 0 Å². The molecular weight excluding hydrogens is 250 g/mol. The summed E-state index contributed by atoms with van der Waals surface area (Å²) in [7, 11) is 0. The molecule has 1 N–H and O–H groups in total. The third kappa shape index (κ3) is 2.26. The molecule has 98 valence electrons. The van der Waals surface area contributed by atoms with E-state index in [-0.39, 0.29) is 5.75 Å². The Morgan fingerprint density at radius 1 is 1.11 bits per heavy atom. The van der Waals surface area contributed by atoms with Crippen molar-refractivity contribution in [3.63, 3.8) is 0 Å². The number of hydrogen-bond donors (Lipinski definition) is 1. The fraction of sp³-hybridized carbons (Fsp3) is 0.200. The minimum atomic E-state index is -0.595. The van der Waals surface area contributed by atoms with Crippen LogP contribution in [0.5, 0.6) is 11.5 Å². The maximum Gasteiger partial charge on any atom is 0.133 e. The lowest BCUT2D eigenvalue weighted by molar-refractivity contribution is 0.171. The molecule has 0 aromatic heterocycles. The molecular formula is C15H12F2O2. The third-order valence-corrected chi connectivity index (χ3v) is 3.30. The predicted molar refractivity (Wildman–Crippen MR) is 66.2 cm³/mol. The molecule has 0 spiro atoms. The highest BCUT2D eigenvalue weighted by Crippen LogP contribution is 2.37. The Hall–Kier alpha value is -2.10. The zero-order valence-corrected chi connectivity index (χ0v) is 10.1. The lowest BCUT2D eigenvalue weighted by atomic mass is 9.97. The fourth-order valence-electron chi connectivity index (χ4n) is 2.36. The maximum absolute atomic E-state index is 13.7. The van der Waals surface area contributed by atoms with Crippen molar-refractivity contribution in [1.82, 2.24) is 0 Å². The first-order chi connectivity index (χ1) is 9.13. The van der Waals surface area contributed by atoms with E-state index in [2.05, 4.69) is 0 Å². The van der Waals surface area contributed by atoms with Gasteiger partial charge in [-0.25, -0.2) is 8.78 Å². The van der Waals surface area contributed by atoms with Gasteiger partial charge in [-0.15, -0.1) is 0 Å². The van der Waals surface area contributed by atoms with Crippen molar-refractivity contribution in [2.24, 2.45) is 0 Å². The molecule has 1 heterocycles. The van der Waals surface area contributed by atoms with Crippen LogP contribution in [0.15, 0.2) is 36.4 Å². The van der Waals surface area contributed by atoms with Crippen molar-refractivity contribution >= 4 is 0 Å². The normalized spacial score (nSPS) is 17.7. The van der Waals surface area contributed by atoms with Crippen LogP contribution in [0, 0.1) is 11.6 Å². The molecule has 0 radical (unpaired) electrons. The number of halogens is 2. The largest absolute Gasteiger partial charge is 0.508 e. The van der Waals surface area contributed by atoms with Crippen molar-refractivity contribution in [2.45, 2.75) is 18.9 Å². The summed E-state index contributed by atoms with van der Waals surface area (Å²) in [5.74, 6) is -0.360. The summed E-state index contributed by atoms with van der Waals surface area (Å²) in [6.45, 7) is 0. The molecule has 3 rings (SSSR count). The Morgan fingerprint density at radius 3 is 2.74 bits per heavy atom. The fourth-order valence-corrected chi connectivity index (χ4v) is 2.36. The molecule has 1 aliphatic heterocycles. The Bertz CT molecular complexity index is 626. The monoisotopic (exact) mass is 262 g/mol. The number of fused-ring (bicyclic) bond motifs is 1. The molecule has 0 bridgehead atoms. The molecule has 2 nitrogen and oxygen atoms in total. The van der Waals surface area contributed by atoms with Gasteiger partial charge in [-0.2, -0.15) is 0 Å². The van der Waals surface area contributed by atoms with Gasteiger partial charge in [0, 0.05) is 11.6 Å². The van der Waals surface area contributed by atoms with Gasteiger partial charge in [0.2, 0.25) is 0 Å². The highest BCUT2D eigenvalue weighted by atomic mass is 19.1. The van der Waals surface area contributed by atoms with Crippen molar-refractivity contribution in [3.05, 3.63) is 59.2 Å². The van der Waals surface area contributed by atoms with Gasteiger partial charge >= 0.3 is 0 Å². The molecule has 0 saturated carbocycles. The van der Waals surface area contributed by atoms with Gasteiger partial charge < -0.3 is 9.84 Å². The lowest BCUT2D eigenvalue weighted by Crippen LogP contribution is -2.16. The van der Waals surface area contributed by atoms with Gasteiger partial charge in [-0.05, 0) is 48.7 Å². The van der Waals surface area contributed by atoms with Crippen molar-refractivity contribution < 1.29 is 18.6 Å². The Kier molecular flexibility index (Phi) is 2.85. The van der Waals surface area contributed by atoms with Crippen LogP contribution in [-0.4, -0.2) is 5.11 Å². The maximum atomic E-state index is 13.7. The average molecular weight is 262 g/mol. The smallest absolute Gasteiger partial charge is 0.133 e. The zero-order valence-electron chi connectivity index (χ0n) is 10.1. The van der Waals surface area contributed by atoms with E-state index in [1.807, 2.05) is 0 Å². The second-order valence-electron chi connectivity index (χ2n) is 4.60. The summed E-state index contributed by atoms with van der Waals surface area (Å²) in [4.78, 5) is 0. The zero-order chi connectivity index (χ0) is 13.4. The van der Waals surface area contributed by atoms with Crippen LogP contribution >= 0.6 is 0 Å². The molecule has 1 unspecified atom stereocenters. The summed E-state index contributed by atoms with van der Waals surface area (Å²) in [6.07, 6.45) is 0.863. The minimum Gasteiger partial charge on any atom is -0.508 e. The van der Waals surface area contributed by atoms with Crippen LogP contribution in [-0.2, 0) is 6.42 Å². The second kappa shape index (κ2) is 4.53. The van der Waals surface area contributed by atoms with Crippen LogP contribution in [0.4, 0.5) is 8.78 Å². The van der Waals surface area contributed by atoms with Crippen molar-refractivity contribution in [2.75, 3.05) is 0 Å². The average Bonchev–Trinajstić information content (AvgIpc) is 2.38. The molecule has 4 heteroatoms. The van der Waals surface area contributed by atoms with E-state index in [4.69, 9.17) is 4.74 Å². The highest BCUT2D eigenvalue weighted by Gasteiger charge is 2.24. The molecule has 0 amide bonds. The number of aryl methyl sites for hydroxylation is 1. The van der Waals surface area contributed by atoms with Crippen LogP contribution in [0.3, 0.4) is 0 Å². The Balaban J connectivity index is 1.91. The topological polar surface area (TPSA) is 29.5 Å². The Labute approximate surface area is 109 Å². The van der Waals surface area contributed by atoms with E-state index in [1.54, 1.807) is 12.1 Å². The molecule has 1 atom stereocenters. The van der Waals surface area contributed by atoms with E-state index in [0.29, 0.717) is 24.2 Å².